The molecule has 0 aliphatic carbocycles. The van der Waals surface area contributed by atoms with Gasteiger partial charge in [-0.1, -0.05) is 6.42 Å². The summed E-state index contributed by atoms with van der Waals surface area (Å²) in [5, 5.41) is 12.9. The maximum absolute atomic E-state index is 12.7. The van der Waals surface area contributed by atoms with E-state index in [0.29, 0.717) is 13.2 Å². The summed E-state index contributed by atoms with van der Waals surface area (Å²) in [7, 11) is 0. The molecule has 1 unspecified atom stereocenters. The lowest BCUT2D eigenvalue weighted by atomic mass is 10.0. The van der Waals surface area contributed by atoms with Gasteiger partial charge < -0.3 is 19.5 Å². The van der Waals surface area contributed by atoms with E-state index < -0.39 is 0 Å². The Hall–Kier alpha value is -0.690. The second-order valence-corrected chi connectivity index (χ2v) is 9.10. The maximum atomic E-state index is 12.7. The number of aliphatic hydroxyl groups is 1. The lowest BCUT2D eigenvalue weighted by Gasteiger charge is -2.31. The predicted octanol–water partition coefficient (Wildman–Crippen LogP) is 2.54. The first-order valence-electron chi connectivity index (χ1n) is 9.92. The Morgan fingerprint density at radius 1 is 1.27 bits per heavy atom. The highest BCUT2D eigenvalue weighted by Crippen LogP contribution is 2.23. The fraction of sp³-hybridized carbons (Fsp3) is 0.950. The number of aliphatic hydroxyl groups excluding tert-OH is 1. The van der Waals surface area contributed by atoms with Gasteiger partial charge in [-0.3, -0.25) is 10.1 Å². The monoisotopic (exact) mass is 372 g/mol. The highest BCUT2D eigenvalue weighted by molar-refractivity contribution is 5.85. The second-order valence-electron chi connectivity index (χ2n) is 9.10. The van der Waals surface area contributed by atoms with Gasteiger partial charge in [0.15, 0.2) is 0 Å². The fourth-order valence-corrected chi connectivity index (χ4v) is 3.12. The van der Waals surface area contributed by atoms with Gasteiger partial charge in [0.25, 0.3) is 0 Å². The molecule has 1 rings (SSSR count). The molecule has 0 aromatic carbocycles. The molecule has 1 heterocycles. The molecule has 1 fully saturated rings. The molecule has 0 bridgehead atoms. The molecule has 1 amide bonds. The molecule has 2 N–H and O–H groups in total. The lowest BCUT2D eigenvalue weighted by molar-refractivity contribution is -0.132. The number of nitrogens with one attached hydrogen (secondary N) is 1. The molecule has 26 heavy (non-hydrogen) atoms. The SMILES string of the molecule is CC(C)OC[C@@H]1NC(C)(C)N(CCCCC(CO)COC(C)(C)C)C1=O. The quantitative estimate of drug-likeness (QED) is 0.546. The van der Waals surface area contributed by atoms with Crippen molar-refractivity contribution in [1.29, 1.82) is 0 Å². The Morgan fingerprint density at radius 3 is 2.46 bits per heavy atom. The zero-order chi connectivity index (χ0) is 20.0. The summed E-state index contributed by atoms with van der Waals surface area (Å²) >= 11 is 0. The van der Waals surface area contributed by atoms with Crippen LogP contribution in [0.2, 0.25) is 0 Å². The van der Waals surface area contributed by atoms with Crippen molar-refractivity contribution >= 4 is 5.91 Å². The molecule has 0 saturated carbocycles. The Morgan fingerprint density at radius 2 is 1.92 bits per heavy atom. The van der Waals surface area contributed by atoms with Crippen molar-refractivity contribution < 1.29 is 19.4 Å². The van der Waals surface area contributed by atoms with Gasteiger partial charge in [0.05, 0.1) is 30.6 Å². The lowest BCUT2D eigenvalue weighted by Crippen LogP contribution is -2.47. The minimum atomic E-state index is -0.353. The standard InChI is InChI=1S/C20H40N2O4/c1-15(2)25-14-17-18(24)22(20(6,7)21-17)11-9-8-10-16(12-23)13-26-19(3,4)5/h15-17,21,23H,8-14H2,1-7H3/t16?,17-/m0/s1. The van der Waals surface area contributed by atoms with Crippen LogP contribution >= 0.6 is 0 Å². The topological polar surface area (TPSA) is 71.0 Å². The van der Waals surface area contributed by atoms with E-state index >= 15 is 0 Å². The van der Waals surface area contributed by atoms with Crippen molar-refractivity contribution in [2.24, 2.45) is 5.92 Å². The molecule has 0 spiro atoms. The van der Waals surface area contributed by atoms with Crippen molar-refractivity contribution in [3.63, 3.8) is 0 Å². The van der Waals surface area contributed by atoms with Gasteiger partial charge in [0, 0.05) is 19.1 Å². The van der Waals surface area contributed by atoms with Crippen LogP contribution in [0.25, 0.3) is 0 Å². The van der Waals surface area contributed by atoms with Crippen LogP contribution in [0.1, 0.15) is 67.7 Å². The molecular weight excluding hydrogens is 332 g/mol. The largest absolute Gasteiger partial charge is 0.396 e. The molecule has 6 nitrogen and oxygen atoms in total. The number of ether oxygens (including phenoxy) is 2. The number of carbonyl (C=O) groups is 1. The fourth-order valence-electron chi connectivity index (χ4n) is 3.12. The molecule has 2 atom stereocenters. The number of hydrogen-bond donors (Lipinski definition) is 2. The molecule has 0 radical (unpaired) electrons. The van der Waals surface area contributed by atoms with Gasteiger partial charge in [-0.25, -0.2) is 0 Å². The second kappa shape index (κ2) is 10.0. The first-order chi connectivity index (χ1) is 12.0. The van der Waals surface area contributed by atoms with Crippen LogP contribution in [-0.2, 0) is 14.3 Å². The summed E-state index contributed by atoms with van der Waals surface area (Å²) < 4.78 is 11.4. The van der Waals surface area contributed by atoms with Crippen LogP contribution in [-0.4, -0.2) is 65.7 Å². The summed E-state index contributed by atoms with van der Waals surface area (Å²) in [5.74, 6) is 0.271. The minimum absolute atomic E-state index is 0.116. The van der Waals surface area contributed by atoms with Gasteiger partial charge in [-0.15, -0.1) is 0 Å². The van der Waals surface area contributed by atoms with E-state index in [4.69, 9.17) is 9.47 Å². The average Bonchev–Trinajstić information content (AvgIpc) is 2.73. The first-order valence-corrected chi connectivity index (χ1v) is 9.92. The normalized spacial score (nSPS) is 21.7. The summed E-state index contributed by atoms with van der Waals surface area (Å²) in [6.45, 7) is 15.9. The molecule has 6 heteroatoms. The minimum Gasteiger partial charge on any atom is -0.396 e. The van der Waals surface area contributed by atoms with Crippen LogP contribution in [0, 0.1) is 5.92 Å². The molecule has 1 aliphatic heterocycles. The number of amides is 1. The Balaban J connectivity index is 2.39. The maximum Gasteiger partial charge on any atom is 0.243 e. The van der Waals surface area contributed by atoms with E-state index in [1.54, 1.807) is 0 Å². The van der Waals surface area contributed by atoms with Crippen LogP contribution < -0.4 is 5.32 Å². The summed E-state index contributed by atoms with van der Waals surface area (Å²) in [4.78, 5) is 14.6. The third-order valence-corrected chi connectivity index (χ3v) is 4.62. The van der Waals surface area contributed by atoms with Gasteiger partial charge >= 0.3 is 0 Å². The zero-order valence-corrected chi connectivity index (χ0v) is 17.8. The van der Waals surface area contributed by atoms with E-state index in [1.807, 2.05) is 53.4 Å². The van der Waals surface area contributed by atoms with Gasteiger partial charge in [0.1, 0.15) is 6.04 Å². The van der Waals surface area contributed by atoms with Crippen LogP contribution in [0.5, 0.6) is 0 Å². The first kappa shape index (κ1) is 23.3. The van der Waals surface area contributed by atoms with Gasteiger partial charge in [-0.05, 0) is 61.3 Å². The van der Waals surface area contributed by atoms with Crippen molar-refractivity contribution in [3.8, 4) is 0 Å². The van der Waals surface area contributed by atoms with Crippen LogP contribution in [0.4, 0.5) is 0 Å². The van der Waals surface area contributed by atoms with Gasteiger partial charge in [-0.2, -0.15) is 0 Å². The van der Waals surface area contributed by atoms with E-state index in [1.165, 1.54) is 0 Å². The van der Waals surface area contributed by atoms with E-state index in [9.17, 15) is 9.90 Å². The zero-order valence-electron chi connectivity index (χ0n) is 17.8. The van der Waals surface area contributed by atoms with Gasteiger partial charge in [0.2, 0.25) is 5.91 Å². The highest BCUT2D eigenvalue weighted by atomic mass is 16.5. The third-order valence-electron chi connectivity index (χ3n) is 4.62. The van der Waals surface area contributed by atoms with Crippen molar-refractivity contribution in [3.05, 3.63) is 0 Å². The van der Waals surface area contributed by atoms with Crippen LogP contribution in [0.3, 0.4) is 0 Å². The summed E-state index contributed by atoms with van der Waals surface area (Å²) in [5.41, 5.74) is -0.536. The Bertz CT molecular complexity index is 432. The predicted molar refractivity (Wildman–Crippen MR) is 104 cm³/mol. The number of nitrogens with zero attached hydrogens (tertiary/aromatic N) is 1. The number of unbranched alkanes of at least 4 members (excludes halogenated alkanes) is 1. The third kappa shape index (κ3) is 7.91. The van der Waals surface area contributed by atoms with Crippen molar-refractivity contribution in [1.82, 2.24) is 10.2 Å². The number of rotatable bonds is 11. The van der Waals surface area contributed by atoms with Crippen molar-refractivity contribution in [2.75, 3.05) is 26.4 Å². The van der Waals surface area contributed by atoms with E-state index in [0.717, 1.165) is 25.8 Å². The molecule has 0 aromatic heterocycles. The molecule has 154 valence electrons. The summed E-state index contributed by atoms with van der Waals surface area (Å²) in [6, 6.07) is -0.266. The molecular formula is C20H40N2O4. The van der Waals surface area contributed by atoms with E-state index in [2.05, 4.69) is 5.32 Å². The Kier molecular flexibility index (Phi) is 9.00. The number of carbonyl (C=O) groups excluding carboxylic acids is 1. The number of hydrogen-bond acceptors (Lipinski definition) is 5. The van der Waals surface area contributed by atoms with Crippen molar-refractivity contribution in [2.45, 2.75) is 91.1 Å². The molecule has 1 aliphatic rings. The molecule has 0 aromatic rings. The van der Waals surface area contributed by atoms with E-state index in [-0.39, 0.29) is 41.8 Å². The highest BCUT2D eigenvalue weighted by Gasteiger charge is 2.43. The average molecular weight is 373 g/mol. The smallest absolute Gasteiger partial charge is 0.243 e. The Labute approximate surface area is 159 Å². The molecule has 1 saturated heterocycles. The summed E-state index contributed by atoms with van der Waals surface area (Å²) in [6.07, 6.45) is 2.90. The van der Waals surface area contributed by atoms with Crippen LogP contribution in [0.15, 0.2) is 0 Å².